The van der Waals surface area contributed by atoms with Crippen LogP contribution in [0.15, 0.2) is 140 Å². The van der Waals surface area contributed by atoms with E-state index in [1.165, 1.54) is 0 Å². The van der Waals surface area contributed by atoms with Gasteiger partial charge in [-0.25, -0.2) is 4.98 Å². The Balaban J connectivity index is 1.51. The number of hydrogen-bond acceptors (Lipinski definition) is 3. The summed E-state index contributed by atoms with van der Waals surface area (Å²) < 4.78 is 2.15. The monoisotopic (exact) mass is 578 g/mol. The van der Waals surface area contributed by atoms with E-state index in [0.29, 0.717) is 12.1 Å². The molecule has 1 heterocycles. The Morgan fingerprint density at radius 3 is 1.75 bits per heavy atom. The standard InChI is InChI=1S/C40H38N2O2/c1-29(2)40(44,37-22-21-32-24-31(23-30(3)27-43)19-20-33(32)25-37)38-26-42(28-41-38)39(34-13-7-4-8-14-34,35-15-9-5-10-16-35)36-17-11-6-12-18-36/h4-22,24-30,44H,23H2,1-3H3. The molecule has 4 nitrogen and oxygen atoms in total. The number of aromatic nitrogens is 2. The Labute approximate surface area is 259 Å². The van der Waals surface area contributed by atoms with Gasteiger partial charge in [-0.05, 0) is 57.0 Å². The molecular weight excluding hydrogens is 540 g/mol. The molecule has 0 bridgehead atoms. The highest BCUT2D eigenvalue weighted by Gasteiger charge is 2.42. The number of imidazole rings is 1. The summed E-state index contributed by atoms with van der Waals surface area (Å²) in [5.41, 5.74) is 3.76. The van der Waals surface area contributed by atoms with Gasteiger partial charge in [-0.3, -0.25) is 0 Å². The van der Waals surface area contributed by atoms with Gasteiger partial charge >= 0.3 is 0 Å². The van der Waals surface area contributed by atoms with E-state index in [1.807, 2.05) is 57.6 Å². The smallest absolute Gasteiger partial charge is 0.135 e. The highest BCUT2D eigenvalue weighted by atomic mass is 16.3. The van der Waals surface area contributed by atoms with Gasteiger partial charge in [-0.1, -0.05) is 142 Å². The molecule has 5 aromatic carbocycles. The Morgan fingerprint density at radius 2 is 1.23 bits per heavy atom. The zero-order valence-electron chi connectivity index (χ0n) is 25.5. The number of carbonyl (C=O) groups is 1. The Kier molecular flexibility index (Phi) is 8.03. The first-order valence-electron chi connectivity index (χ1n) is 15.3. The molecule has 0 amide bonds. The van der Waals surface area contributed by atoms with Gasteiger partial charge in [0, 0.05) is 12.1 Å². The van der Waals surface area contributed by atoms with Crippen molar-refractivity contribution in [1.82, 2.24) is 9.55 Å². The summed E-state index contributed by atoms with van der Waals surface area (Å²) >= 11 is 0. The molecule has 6 rings (SSSR count). The van der Waals surface area contributed by atoms with Gasteiger partial charge in [0.05, 0.1) is 12.0 Å². The minimum Gasteiger partial charge on any atom is -0.378 e. The van der Waals surface area contributed by atoms with Crippen molar-refractivity contribution >= 4 is 17.1 Å². The fourth-order valence-electron chi connectivity index (χ4n) is 6.54. The van der Waals surface area contributed by atoms with Crippen molar-refractivity contribution in [3.63, 3.8) is 0 Å². The predicted octanol–water partition coefficient (Wildman–Crippen LogP) is 8.15. The van der Waals surface area contributed by atoms with Crippen molar-refractivity contribution in [3.05, 3.63) is 173 Å². The lowest BCUT2D eigenvalue weighted by Crippen LogP contribution is -2.37. The molecule has 0 fully saturated rings. The van der Waals surface area contributed by atoms with Crippen LogP contribution in [0, 0.1) is 11.8 Å². The molecule has 0 aliphatic heterocycles. The van der Waals surface area contributed by atoms with Crippen molar-refractivity contribution in [2.24, 2.45) is 11.8 Å². The number of hydrogen-bond donors (Lipinski definition) is 1. The molecule has 0 radical (unpaired) electrons. The number of aldehydes is 1. The van der Waals surface area contributed by atoms with Crippen LogP contribution in [0.1, 0.15) is 54.3 Å². The maximum absolute atomic E-state index is 12.6. The first-order valence-corrected chi connectivity index (χ1v) is 15.3. The number of benzene rings is 5. The van der Waals surface area contributed by atoms with Gasteiger partial charge in [0.2, 0.25) is 0 Å². The molecule has 2 unspecified atom stereocenters. The summed E-state index contributed by atoms with van der Waals surface area (Å²) in [5, 5.41) is 14.7. The summed E-state index contributed by atoms with van der Waals surface area (Å²) in [6.07, 6.45) is 5.58. The third kappa shape index (κ3) is 5.06. The second-order valence-corrected chi connectivity index (χ2v) is 12.1. The van der Waals surface area contributed by atoms with Gasteiger partial charge in [-0.15, -0.1) is 0 Å². The third-order valence-electron chi connectivity index (χ3n) is 8.91. The predicted molar refractivity (Wildman–Crippen MR) is 178 cm³/mol. The lowest BCUT2D eigenvalue weighted by Gasteiger charge is -2.37. The van der Waals surface area contributed by atoms with E-state index >= 15 is 0 Å². The lowest BCUT2D eigenvalue weighted by atomic mass is 9.76. The topological polar surface area (TPSA) is 55.1 Å². The van der Waals surface area contributed by atoms with E-state index in [4.69, 9.17) is 4.98 Å². The van der Waals surface area contributed by atoms with Crippen LogP contribution in [0.4, 0.5) is 0 Å². The van der Waals surface area contributed by atoms with E-state index in [-0.39, 0.29) is 11.8 Å². The second kappa shape index (κ2) is 12.1. The number of rotatable bonds is 10. The SMILES string of the molecule is CC(C=O)Cc1ccc2cc(C(O)(c3cn(C(c4ccccc4)(c4ccccc4)c4ccccc4)cn3)C(C)C)ccc2c1. The first kappa shape index (κ1) is 29.3. The van der Waals surface area contributed by atoms with E-state index in [2.05, 4.69) is 108 Å². The fraction of sp³-hybridized carbons (Fsp3) is 0.200. The van der Waals surface area contributed by atoms with Crippen molar-refractivity contribution in [2.75, 3.05) is 0 Å². The maximum Gasteiger partial charge on any atom is 0.135 e. The minimum atomic E-state index is -1.33. The van der Waals surface area contributed by atoms with Gasteiger partial charge in [0.1, 0.15) is 17.4 Å². The largest absolute Gasteiger partial charge is 0.378 e. The molecule has 1 N–H and O–H groups in total. The average molecular weight is 579 g/mol. The molecule has 4 heteroatoms. The Hall–Kier alpha value is -4.80. The van der Waals surface area contributed by atoms with E-state index in [1.54, 1.807) is 0 Å². The van der Waals surface area contributed by atoms with Gasteiger partial charge in [-0.2, -0.15) is 0 Å². The zero-order chi connectivity index (χ0) is 30.7. The Morgan fingerprint density at radius 1 is 0.705 bits per heavy atom. The molecule has 44 heavy (non-hydrogen) atoms. The first-order chi connectivity index (χ1) is 21.4. The van der Waals surface area contributed by atoms with E-state index < -0.39 is 11.1 Å². The third-order valence-corrected chi connectivity index (χ3v) is 8.91. The second-order valence-electron chi connectivity index (χ2n) is 12.1. The van der Waals surface area contributed by atoms with Crippen LogP contribution in [0.25, 0.3) is 10.8 Å². The van der Waals surface area contributed by atoms with Crippen LogP contribution >= 0.6 is 0 Å². The van der Waals surface area contributed by atoms with Crippen LogP contribution < -0.4 is 0 Å². The summed E-state index contributed by atoms with van der Waals surface area (Å²) in [4.78, 5) is 16.1. The average Bonchev–Trinajstić information content (AvgIpc) is 3.57. The van der Waals surface area contributed by atoms with E-state index in [9.17, 15) is 9.90 Å². The molecule has 0 aliphatic carbocycles. The van der Waals surface area contributed by atoms with Crippen molar-refractivity contribution in [3.8, 4) is 0 Å². The lowest BCUT2D eigenvalue weighted by molar-refractivity contribution is -0.110. The molecule has 2 atom stereocenters. The molecular formula is C40H38N2O2. The quantitative estimate of drug-likeness (QED) is 0.132. The number of aliphatic hydroxyl groups is 1. The maximum atomic E-state index is 12.6. The van der Waals surface area contributed by atoms with Crippen molar-refractivity contribution < 1.29 is 9.90 Å². The summed E-state index contributed by atoms with van der Waals surface area (Å²) in [6.45, 7) is 6.00. The number of carbonyl (C=O) groups excluding carboxylic acids is 1. The van der Waals surface area contributed by atoms with Gasteiger partial charge in [0.15, 0.2) is 0 Å². The minimum absolute atomic E-state index is 0.0253. The highest BCUT2D eigenvalue weighted by molar-refractivity contribution is 5.84. The summed E-state index contributed by atoms with van der Waals surface area (Å²) in [7, 11) is 0. The number of nitrogens with zero attached hydrogens (tertiary/aromatic N) is 2. The summed E-state index contributed by atoms with van der Waals surface area (Å²) in [6, 6.07) is 43.9. The van der Waals surface area contributed by atoms with Crippen LogP contribution in [-0.4, -0.2) is 20.9 Å². The summed E-state index contributed by atoms with van der Waals surface area (Å²) in [5.74, 6) is -0.182. The van der Waals surface area contributed by atoms with E-state index in [0.717, 1.165) is 44.9 Å². The fourth-order valence-corrected chi connectivity index (χ4v) is 6.54. The van der Waals surface area contributed by atoms with Crippen LogP contribution in [0.5, 0.6) is 0 Å². The molecule has 220 valence electrons. The number of fused-ring (bicyclic) bond motifs is 1. The highest BCUT2D eigenvalue weighted by Crippen LogP contribution is 2.43. The molecule has 0 spiro atoms. The molecule has 0 saturated carbocycles. The zero-order valence-corrected chi connectivity index (χ0v) is 25.5. The molecule has 0 aliphatic rings. The normalized spacial score (nSPS) is 13.9. The van der Waals surface area contributed by atoms with Crippen LogP contribution in [0.2, 0.25) is 0 Å². The van der Waals surface area contributed by atoms with Crippen molar-refractivity contribution in [1.29, 1.82) is 0 Å². The van der Waals surface area contributed by atoms with Gasteiger partial charge in [0.25, 0.3) is 0 Å². The van der Waals surface area contributed by atoms with Crippen LogP contribution in [-0.2, 0) is 22.4 Å². The van der Waals surface area contributed by atoms with Gasteiger partial charge < -0.3 is 14.5 Å². The molecule has 6 aromatic rings. The molecule has 1 aromatic heterocycles. The Bertz CT molecular complexity index is 1770. The van der Waals surface area contributed by atoms with Crippen molar-refractivity contribution in [2.45, 2.75) is 38.3 Å². The van der Waals surface area contributed by atoms with Crippen LogP contribution in [0.3, 0.4) is 0 Å². The molecule has 0 saturated heterocycles.